The van der Waals surface area contributed by atoms with Gasteiger partial charge in [0.2, 0.25) is 0 Å². The van der Waals surface area contributed by atoms with Gasteiger partial charge in [-0.25, -0.2) is 8.78 Å². The SMILES string of the molecule is CN1CCC(C(O)CN2CCC(c3c[nH]c4cccc(Cl)c34)C(O)C2)CC1.O=C/C=C/c1cc(F)cc(F)c1. The summed E-state index contributed by atoms with van der Waals surface area (Å²) in [6.45, 7) is 4.28. The molecule has 6 nitrogen and oxygen atoms in total. The van der Waals surface area contributed by atoms with Crippen molar-refractivity contribution < 1.29 is 23.8 Å². The molecule has 1 aromatic heterocycles. The Morgan fingerprint density at radius 3 is 2.51 bits per heavy atom. The van der Waals surface area contributed by atoms with Crippen LogP contribution >= 0.6 is 11.6 Å². The van der Waals surface area contributed by atoms with Crippen molar-refractivity contribution in [1.82, 2.24) is 14.8 Å². The van der Waals surface area contributed by atoms with Gasteiger partial charge in [0.1, 0.15) is 17.9 Å². The molecule has 2 saturated heterocycles. The first kappa shape index (κ1) is 29.4. The predicted octanol–water partition coefficient (Wildman–Crippen LogP) is 4.85. The van der Waals surface area contributed by atoms with Gasteiger partial charge in [-0.05, 0) is 93.3 Å². The van der Waals surface area contributed by atoms with E-state index in [1.165, 1.54) is 12.2 Å². The molecule has 3 aromatic rings. The van der Waals surface area contributed by atoms with E-state index >= 15 is 0 Å². The highest BCUT2D eigenvalue weighted by atomic mass is 35.5. The first-order valence-electron chi connectivity index (χ1n) is 13.4. The van der Waals surface area contributed by atoms with Crippen LogP contribution in [0.1, 0.15) is 36.3 Å². The second-order valence-corrected chi connectivity index (χ2v) is 10.9. The first-order chi connectivity index (χ1) is 18.7. The topological polar surface area (TPSA) is 79.8 Å². The number of allylic oxidation sites excluding steroid dienone is 1. The maximum atomic E-state index is 12.5. The highest BCUT2D eigenvalue weighted by molar-refractivity contribution is 6.35. The van der Waals surface area contributed by atoms with E-state index < -0.39 is 17.7 Å². The number of carbonyl (C=O) groups excluding carboxylic acids is 1. The van der Waals surface area contributed by atoms with Gasteiger partial charge >= 0.3 is 0 Å². The fourth-order valence-corrected chi connectivity index (χ4v) is 5.92. The molecule has 2 fully saturated rings. The number of aliphatic hydroxyl groups is 2. The number of rotatable bonds is 6. The molecule has 39 heavy (non-hydrogen) atoms. The van der Waals surface area contributed by atoms with E-state index in [0.717, 1.165) is 78.6 Å². The summed E-state index contributed by atoms with van der Waals surface area (Å²) in [5.41, 5.74) is 2.46. The smallest absolute Gasteiger partial charge is 0.142 e. The number of likely N-dealkylation sites (tertiary alicyclic amines) is 2. The monoisotopic (exact) mass is 559 g/mol. The second-order valence-electron chi connectivity index (χ2n) is 10.5. The number of β-amino-alcohol motifs (C(OH)–C–C–N with tert-alkyl or cyclic N) is 2. The number of halogens is 3. The van der Waals surface area contributed by atoms with Crippen LogP contribution in [-0.4, -0.2) is 83.3 Å². The molecule has 3 unspecified atom stereocenters. The Hall–Kier alpha value is -2.62. The molecule has 0 amide bonds. The summed E-state index contributed by atoms with van der Waals surface area (Å²) in [4.78, 5) is 17.7. The van der Waals surface area contributed by atoms with Crippen molar-refractivity contribution in [1.29, 1.82) is 0 Å². The molecule has 2 aliphatic heterocycles. The Bertz CT molecular complexity index is 1260. The number of nitrogens with zero attached hydrogens (tertiary/aromatic N) is 2. The predicted molar refractivity (Wildman–Crippen MR) is 151 cm³/mol. The fraction of sp³-hybridized carbons (Fsp3) is 0.433. The Labute approximate surface area is 232 Å². The number of aromatic amines is 1. The molecule has 0 bridgehead atoms. The molecule has 0 aliphatic carbocycles. The lowest BCUT2D eigenvalue weighted by molar-refractivity contribution is -0.104. The number of aliphatic hydroxyl groups excluding tert-OH is 2. The largest absolute Gasteiger partial charge is 0.392 e. The highest BCUT2D eigenvalue weighted by Crippen LogP contribution is 2.37. The van der Waals surface area contributed by atoms with Gasteiger partial charge in [0.05, 0.1) is 17.2 Å². The molecule has 3 atom stereocenters. The van der Waals surface area contributed by atoms with Crippen LogP contribution in [-0.2, 0) is 4.79 Å². The van der Waals surface area contributed by atoms with Gasteiger partial charge in [0.15, 0.2) is 0 Å². The first-order valence-corrected chi connectivity index (χ1v) is 13.7. The molecular formula is C30H36ClF2N3O3. The van der Waals surface area contributed by atoms with Crippen molar-refractivity contribution in [2.75, 3.05) is 39.8 Å². The molecule has 0 saturated carbocycles. The van der Waals surface area contributed by atoms with Crippen molar-refractivity contribution in [2.24, 2.45) is 5.92 Å². The van der Waals surface area contributed by atoms with Gasteiger partial charge < -0.3 is 20.1 Å². The molecule has 3 N–H and O–H groups in total. The van der Waals surface area contributed by atoms with Crippen LogP contribution in [0, 0.1) is 17.6 Å². The average Bonchev–Trinajstić information content (AvgIpc) is 3.33. The van der Waals surface area contributed by atoms with E-state index in [9.17, 15) is 23.8 Å². The van der Waals surface area contributed by atoms with Gasteiger partial charge in [-0.1, -0.05) is 23.7 Å². The van der Waals surface area contributed by atoms with Crippen LogP contribution in [0.25, 0.3) is 17.0 Å². The van der Waals surface area contributed by atoms with E-state index in [0.29, 0.717) is 30.9 Å². The minimum atomic E-state index is -0.652. The van der Waals surface area contributed by atoms with Gasteiger partial charge in [-0.2, -0.15) is 0 Å². The quantitative estimate of drug-likeness (QED) is 0.297. The maximum absolute atomic E-state index is 12.5. The van der Waals surface area contributed by atoms with Crippen LogP contribution in [0.15, 0.2) is 48.7 Å². The normalized spacial score (nSPS) is 22.1. The zero-order valence-corrected chi connectivity index (χ0v) is 22.8. The zero-order valence-electron chi connectivity index (χ0n) is 22.1. The number of aromatic nitrogens is 1. The average molecular weight is 560 g/mol. The lowest BCUT2D eigenvalue weighted by Crippen LogP contribution is -2.48. The number of benzene rings is 2. The minimum absolute atomic E-state index is 0.0790. The molecule has 2 aliphatic rings. The number of aldehydes is 1. The van der Waals surface area contributed by atoms with Crippen molar-refractivity contribution >= 4 is 34.9 Å². The standard InChI is InChI=1S/C21H30ClN3O2.C9H6F2O/c1-24-8-5-14(6-9-24)19(26)12-25-10-7-15(20(27)13-25)16-11-23-18-4-2-3-17(22)21(16)18;10-8-4-7(2-1-3-12)5-9(11)6-8/h2-4,11,14-15,19-20,23,26-27H,5-10,12-13H2,1H3;1-6H/b;2-1+. The summed E-state index contributed by atoms with van der Waals surface area (Å²) >= 11 is 6.42. The second kappa shape index (κ2) is 13.6. The number of H-pyrrole nitrogens is 1. The van der Waals surface area contributed by atoms with Crippen LogP contribution in [0.3, 0.4) is 0 Å². The number of hydrogen-bond donors (Lipinski definition) is 3. The Kier molecular flexibility index (Phi) is 10.3. The lowest BCUT2D eigenvalue weighted by Gasteiger charge is -2.39. The summed E-state index contributed by atoms with van der Waals surface area (Å²) < 4.78 is 25.0. The number of carbonyl (C=O) groups is 1. The van der Waals surface area contributed by atoms with Gasteiger partial charge in [0, 0.05) is 42.2 Å². The number of hydrogen-bond acceptors (Lipinski definition) is 5. The maximum Gasteiger partial charge on any atom is 0.142 e. The van der Waals surface area contributed by atoms with Crippen molar-refractivity contribution in [3.05, 3.63) is 76.5 Å². The van der Waals surface area contributed by atoms with Crippen molar-refractivity contribution in [3.8, 4) is 0 Å². The third kappa shape index (κ3) is 7.74. The van der Waals surface area contributed by atoms with E-state index in [2.05, 4.69) is 21.8 Å². The molecule has 2 aromatic carbocycles. The number of nitrogens with one attached hydrogen (secondary N) is 1. The molecule has 210 valence electrons. The van der Waals surface area contributed by atoms with Crippen LogP contribution in [0.5, 0.6) is 0 Å². The Morgan fingerprint density at radius 2 is 1.85 bits per heavy atom. The van der Waals surface area contributed by atoms with Crippen LogP contribution in [0.4, 0.5) is 8.78 Å². The van der Waals surface area contributed by atoms with Crippen LogP contribution in [0.2, 0.25) is 5.02 Å². The lowest BCUT2D eigenvalue weighted by atomic mass is 9.86. The molecular weight excluding hydrogens is 524 g/mol. The van der Waals surface area contributed by atoms with E-state index in [4.69, 9.17) is 11.6 Å². The third-order valence-corrected chi connectivity index (χ3v) is 8.07. The van der Waals surface area contributed by atoms with Crippen LogP contribution < -0.4 is 0 Å². The third-order valence-electron chi connectivity index (χ3n) is 7.76. The molecule has 9 heteroatoms. The van der Waals surface area contributed by atoms with E-state index in [-0.39, 0.29) is 12.0 Å². The summed E-state index contributed by atoms with van der Waals surface area (Å²) in [6.07, 6.45) is 7.29. The molecule has 0 spiro atoms. The number of fused-ring (bicyclic) bond motifs is 1. The van der Waals surface area contributed by atoms with Crippen molar-refractivity contribution in [3.63, 3.8) is 0 Å². The van der Waals surface area contributed by atoms with E-state index in [1.54, 1.807) is 0 Å². The van der Waals surface area contributed by atoms with Crippen molar-refractivity contribution in [2.45, 2.75) is 37.4 Å². The Morgan fingerprint density at radius 1 is 1.13 bits per heavy atom. The molecule has 5 rings (SSSR count). The van der Waals surface area contributed by atoms with Gasteiger partial charge in [-0.15, -0.1) is 0 Å². The summed E-state index contributed by atoms with van der Waals surface area (Å²) in [7, 11) is 2.14. The van der Waals surface area contributed by atoms with E-state index in [1.807, 2.05) is 24.4 Å². The minimum Gasteiger partial charge on any atom is -0.392 e. The summed E-state index contributed by atoms with van der Waals surface area (Å²) in [6, 6.07) is 8.92. The number of piperidine rings is 2. The Balaban J connectivity index is 0.000000247. The van der Waals surface area contributed by atoms with Gasteiger partial charge in [-0.3, -0.25) is 9.69 Å². The fourth-order valence-electron chi connectivity index (χ4n) is 5.63. The summed E-state index contributed by atoms with van der Waals surface area (Å²) in [5, 5.41) is 23.3. The highest BCUT2D eigenvalue weighted by Gasteiger charge is 2.33. The zero-order chi connectivity index (χ0) is 27.9. The molecule has 0 radical (unpaired) electrons. The summed E-state index contributed by atoms with van der Waals surface area (Å²) in [5.74, 6) is -0.847. The molecule has 3 heterocycles. The van der Waals surface area contributed by atoms with Gasteiger partial charge in [0.25, 0.3) is 0 Å².